The average Bonchev–Trinajstić information content (AvgIpc) is 1.68. The van der Waals surface area contributed by atoms with Gasteiger partial charge in [0, 0.05) is 101 Å². The summed E-state index contributed by atoms with van der Waals surface area (Å²) in [7, 11) is 12.6. The first kappa shape index (κ1) is 77.8. The van der Waals surface area contributed by atoms with E-state index in [1.165, 1.54) is 102 Å². The van der Waals surface area contributed by atoms with Crippen LogP contribution in [0.1, 0.15) is 106 Å². The molecule has 0 bridgehead atoms. The van der Waals surface area contributed by atoms with Gasteiger partial charge in [0.15, 0.2) is 29.1 Å². The van der Waals surface area contributed by atoms with E-state index in [1.54, 1.807) is 6.33 Å². The second-order valence-electron chi connectivity index (χ2n) is 30.1. The molecule has 12 heterocycles. The molecule has 0 spiro atoms. The topological polar surface area (TPSA) is 142 Å². The Kier molecular flexibility index (Phi) is 23.0. The first-order valence-electron chi connectivity index (χ1n) is 38.8. The summed E-state index contributed by atoms with van der Waals surface area (Å²) < 4.78 is 0. The first-order chi connectivity index (χ1) is 53.9. The van der Waals surface area contributed by atoms with E-state index < -0.39 is 0 Å². The van der Waals surface area contributed by atoms with E-state index in [9.17, 15) is 0 Å². The lowest BCUT2D eigenvalue weighted by atomic mass is 10.1. The highest BCUT2D eigenvalue weighted by Gasteiger charge is 2.39. The molecule has 20 heteroatoms. The van der Waals surface area contributed by atoms with Gasteiger partial charge in [0.25, 0.3) is 0 Å². The van der Waals surface area contributed by atoms with Crippen LogP contribution in [0.15, 0.2) is 232 Å². The van der Waals surface area contributed by atoms with Crippen molar-refractivity contribution >= 4 is 103 Å². The number of rotatable bonds is 7. The smallest absolute Gasteiger partial charge is 0.178 e. The third kappa shape index (κ3) is 14.9. The van der Waals surface area contributed by atoms with Crippen molar-refractivity contribution < 1.29 is 0 Å². The van der Waals surface area contributed by atoms with E-state index in [2.05, 4.69) is 408 Å². The molecule has 18 rings (SSSR count). The van der Waals surface area contributed by atoms with Gasteiger partial charge in [0.1, 0.15) is 49.0 Å². The number of aryl methyl sites for hydroxylation is 7. The minimum absolute atomic E-state index is 0.220. The quantitative estimate of drug-likeness (QED) is 0.149. The normalized spacial score (nSPS) is 17.9. The van der Waals surface area contributed by atoms with E-state index in [0.717, 1.165) is 46.2 Å². The Morgan fingerprint density at radius 2 is 0.616 bits per heavy atom. The molecule has 0 saturated heterocycles. The number of pyridine rings is 4. The lowest BCUT2D eigenvalue weighted by molar-refractivity contribution is 0.726. The second kappa shape index (κ2) is 33.1. The number of nitrogens with zero attached hydrogens (tertiary/aromatic N) is 20. The highest BCUT2D eigenvalue weighted by Crippen LogP contribution is 2.49. The molecule has 20 nitrogen and oxygen atoms in total. The van der Waals surface area contributed by atoms with E-state index in [-0.39, 0.29) is 24.7 Å². The lowest BCUT2D eigenvalue weighted by Crippen LogP contribution is -2.36. The third-order valence-corrected chi connectivity index (χ3v) is 22.8. The maximum atomic E-state index is 4.68. The van der Waals surface area contributed by atoms with Gasteiger partial charge in [-0.25, -0.2) is 29.9 Å². The van der Waals surface area contributed by atoms with Crippen LogP contribution < -0.4 is 58.8 Å². The van der Waals surface area contributed by atoms with Gasteiger partial charge in [-0.15, -0.1) is 0 Å². The molecule has 0 fully saturated rings. The molecule has 0 unspecified atom stereocenters. The van der Waals surface area contributed by atoms with Crippen LogP contribution in [0.2, 0.25) is 0 Å². The molecule has 6 aromatic carbocycles. The fraction of sp³-hybridized carbons (Fsp3) is 0.304. The highest BCUT2D eigenvalue weighted by atomic mass is 15.5. The summed E-state index contributed by atoms with van der Waals surface area (Å²) in [6.07, 6.45) is 16.5. The molecule has 6 aliphatic heterocycles. The predicted molar refractivity (Wildman–Crippen MR) is 467 cm³/mol. The maximum Gasteiger partial charge on any atom is 0.178 e. The molecule has 6 atom stereocenters. The summed E-state index contributed by atoms with van der Waals surface area (Å²) in [5, 5.41) is 0. The van der Waals surface area contributed by atoms with Crippen molar-refractivity contribution in [1.29, 1.82) is 0 Å². The summed E-state index contributed by atoms with van der Waals surface area (Å²) in [5.41, 5.74) is 25.5. The van der Waals surface area contributed by atoms with Crippen LogP contribution in [0.3, 0.4) is 0 Å². The van der Waals surface area contributed by atoms with Crippen molar-refractivity contribution in [3.8, 4) is 0 Å². The van der Waals surface area contributed by atoms with E-state index in [4.69, 9.17) is 0 Å². The van der Waals surface area contributed by atoms with Crippen molar-refractivity contribution in [3.05, 3.63) is 276 Å². The van der Waals surface area contributed by atoms with Crippen molar-refractivity contribution in [2.45, 2.75) is 147 Å². The van der Waals surface area contributed by atoms with Crippen LogP contribution in [0.5, 0.6) is 0 Å². The SMILES string of the molecule is Cc1ccccc1N1c2cc(C(C)C)ncc2N(C)[C@@H]1C.Cc1ccccc1N1c2cccnc2N(C)[C@@H]1C.Cc1ccccc1N1c2cnccc2N(C)[C@@H]1C.Cc1ccccc1N1c2ncccc2N(C)[C@@H]1C.Cc1ccccc1N1c2ncncc2N(C)[C@@H]1C.Cc1cnc2c(n1)N(c1ccccc1C)[C@@H](C)N2C. The molecule has 112 heavy (non-hydrogen) atoms. The van der Waals surface area contributed by atoms with Crippen molar-refractivity contribution in [3.63, 3.8) is 0 Å². The Morgan fingerprint density at radius 3 is 1.11 bits per heavy atom. The Bertz CT molecular complexity index is 4860. The molecule has 0 aliphatic carbocycles. The van der Waals surface area contributed by atoms with E-state index >= 15 is 0 Å². The van der Waals surface area contributed by atoms with Gasteiger partial charge in [-0.05, 0) is 202 Å². The number of benzene rings is 6. The number of hydrogen-bond acceptors (Lipinski definition) is 20. The lowest BCUT2D eigenvalue weighted by Gasteiger charge is -2.29. The predicted octanol–water partition coefficient (Wildman–Crippen LogP) is 20.2. The van der Waals surface area contributed by atoms with Crippen molar-refractivity contribution in [1.82, 2.24) is 39.9 Å². The van der Waals surface area contributed by atoms with Crippen molar-refractivity contribution in [2.75, 3.05) is 101 Å². The van der Waals surface area contributed by atoms with Crippen LogP contribution in [0, 0.1) is 48.5 Å². The zero-order chi connectivity index (χ0) is 79.5. The van der Waals surface area contributed by atoms with Gasteiger partial charge in [0.2, 0.25) is 0 Å². The third-order valence-electron chi connectivity index (χ3n) is 22.8. The van der Waals surface area contributed by atoms with Gasteiger partial charge in [-0.1, -0.05) is 123 Å². The highest BCUT2D eigenvalue weighted by molar-refractivity contribution is 5.87. The number of para-hydroxylation sites is 6. The fourth-order valence-electron chi connectivity index (χ4n) is 15.7. The molecule has 12 aromatic rings. The van der Waals surface area contributed by atoms with Gasteiger partial charge in [-0.2, -0.15) is 0 Å². The summed E-state index contributed by atoms with van der Waals surface area (Å²) in [6.45, 7) is 32.4. The van der Waals surface area contributed by atoms with Gasteiger partial charge in [-0.3, -0.25) is 9.97 Å². The first-order valence-corrected chi connectivity index (χ1v) is 38.8. The van der Waals surface area contributed by atoms with Crippen LogP contribution >= 0.6 is 0 Å². The average molecular weight is 1490 g/mol. The standard InChI is InChI=1S/C18H23N3.C15H18N4.3C15H17N3.C14H16N4/c1-12(2)15-10-17-18(11-19-15)20(5)14(4)21(17)16-9-7-6-8-13(16)3;1-10-7-5-6-8-13(10)19-12(3)18(4)14-15(19)17-11(2)9-16-14;1-11-7-4-5-8-13(11)18-12(2)17(3)15-14(18)9-6-10-16-15;1-11-7-4-5-8-13(11)18-12(2)17(3)14-9-6-10-16-15(14)18;1-11-6-4-5-7-13(11)18-12(2)17(3)14-8-9-16-10-15(14)18;1-10-6-4-5-7-12(10)18-11(2)17(3)13-8-15-9-16-14(13)18/h6-12,14H,1-5H3;5-9,12H,1-4H3;3*4-10,12H,1-3H3;4-9,11H,1-3H3/t14-;4*12-;11-/m000000/s1. The van der Waals surface area contributed by atoms with Gasteiger partial charge < -0.3 is 58.8 Å². The minimum Gasteiger partial charge on any atom is -0.352 e. The summed E-state index contributed by atoms with van der Waals surface area (Å²) in [6, 6.07) is 63.3. The Labute approximate surface area is 663 Å². The molecule has 0 saturated carbocycles. The Hall–Kier alpha value is -12.3. The molecule has 6 aliphatic rings. The van der Waals surface area contributed by atoms with Crippen LogP contribution in [-0.4, -0.2) is 119 Å². The number of hydrogen-bond donors (Lipinski definition) is 0. The van der Waals surface area contributed by atoms with E-state index in [1.807, 2.05) is 62.4 Å². The Balaban J connectivity index is 0.000000118. The molecular weight excluding hydrogens is 1390 g/mol. The number of fused-ring (bicyclic) bond motifs is 6. The number of aromatic nitrogens is 8. The molecule has 0 amide bonds. The molecule has 6 aromatic heterocycles. The van der Waals surface area contributed by atoms with Gasteiger partial charge in [0.05, 0.1) is 64.6 Å². The van der Waals surface area contributed by atoms with Crippen LogP contribution in [-0.2, 0) is 0 Å². The molecule has 576 valence electrons. The van der Waals surface area contributed by atoms with Crippen LogP contribution in [0.25, 0.3) is 0 Å². The largest absolute Gasteiger partial charge is 0.352 e. The molecule has 0 radical (unpaired) electrons. The second-order valence-corrected chi connectivity index (χ2v) is 30.1. The summed E-state index contributed by atoms with van der Waals surface area (Å²) >= 11 is 0. The Morgan fingerprint density at radius 1 is 0.259 bits per heavy atom. The number of anilines is 18. The molecular formula is C92H108N20. The van der Waals surface area contributed by atoms with Gasteiger partial charge >= 0.3 is 0 Å². The van der Waals surface area contributed by atoms with Crippen LogP contribution in [0.4, 0.5) is 103 Å². The zero-order valence-corrected chi connectivity index (χ0v) is 68.9. The maximum absolute atomic E-state index is 4.68. The minimum atomic E-state index is 0.220. The van der Waals surface area contributed by atoms with E-state index in [0.29, 0.717) is 18.2 Å². The monoisotopic (exact) mass is 1490 g/mol. The fourth-order valence-corrected chi connectivity index (χ4v) is 15.7. The summed E-state index contributed by atoms with van der Waals surface area (Å²) in [5.74, 6) is 5.41. The molecule has 0 N–H and O–H groups in total. The summed E-state index contributed by atoms with van der Waals surface area (Å²) in [4.78, 5) is 62.9. The zero-order valence-electron chi connectivity index (χ0n) is 68.9. The van der Waals surface area contributed by atoms with Crippen molar-refractivity contribution in [2.24, 2.45) is 0 Å².